The van der Waals surface area contributed by atoms with Crippen LogP contribution in [0.25, 0.3) is 6.08 Å². The van der Waals surface area contributed by atoms with Gasteiger partial charge in [0.2, 0.25) is 5.91 Å². The Kier molecular flexibility index (Phi) is 6.04. The number of anilines is 2. The number of hydrogen-bond acceptors (Lipinski definition) is 3. The zero-order valence-electron chi connectivity index (χ0n) is 15.0. The highest BCUT2D eigenvalue weighted by Crippen LogP contribution is 2.18. The summed E-state index contributed by atoms with van der Waals surface area (Å²) in [5, 5.41) is 2.49. The molecule has 8 heteroatoms. The fourth-order valence-corrected chi connectivity index (χ4v) is 3.51. The summed E-state index contributed by atoms with van der Waals surface area (Å²) in [6.07, 6.45) is 2.02. The fraction of sp³-hybridized carbons (Fsp3) is 0. The Morgan fingerprint density at radius 2 is 1.41 bits per heavy atom. The second-order valence-electron chi connectivity index (χ2n) is 5.95. The van der Waals surface area contributed by atoms with Crippen LogP contribution in [-0.4, -0.2) is 14.3 Å². The van der Waals surface area contributed by atoms with Crippen molar-refractivity contribution in [2.24, 2.45) is 0 Å². The lowest BCUT2D eigenvalue weighted by atomic mass is 10.2. The molecule has 29 heavy (non-hydrogen) atoms. The normalized spacial score (nSPS) is 11.4. The van der Waals surface area contributed by atoms with Crippen LogP contribution in [0.4, 0.5) is 20.2 Å². The van der Waals surface area contributed by atoms with Crippen molar-refractivity contribution in [2.75, 3.05) is 10.0 Å². The van der Waals surface area contributed by atoms with Crippen LogP contribution in [0.1, 0.15) is 5.56 Å². The molecule has 0 atom stereocenters. The van der Waals surface area contributed by atoms with E-state index in [4.69, 9.17) is 0 Å². The van der Waals surface area contributed by atoms with E-state index in [9.17, 15) is 22.0 Å². The Morgan fingerprint density at radius 3 is 2.03 bits per heavy atom. The van der Waals surface area contributed by atoms with Gasteiger partial charge in [-0.05, 0) is 54.6 Å². The molecule has 148 valence electrons. The first-order valence-corrected chi connectivity index (χ1v) is 9.94. The van der Waals surface area contributed by atoms with Crippen molar-refractivity contribution < 1.29 is 22.0 Å². The average molecular weight is 414 g/mol. The Bertz CT molecular complexity index is 1130. The summed E-state index contributed by atoms with van der Waals surface area (Å²) in [6.45, 7) is 0. The molecule has 0 spiro atoms. The van der Waals surface area contributed by atoms with E-state index in [1.54, 1.807) is 30.3 Å². The minimum Gasteiger partial charge on any atom is -0.323 e. The third-order valence-corrected chi connectivity index (χ3v) is 5.26. The van der Waals surface area contributed by atoms with Gasteiger partial charge in [-0.3, -0.25) is 9.52 Å². The lowest BCUT2D eigenvalue weighted by molar-refractivity contribution is -0.111. The minimum absolute atomic E-state index is 0.0170. The van der Waals surface area contributed by atoms with E-state index in [1.165, 1.54) is 30.3 Å². The summed E-state index contributed by atoms with van der Waals surface area (Å²) in [6, 6.07) is 17.3. The van der Waals surface area contributed by atoms with Crippen LogP contribution in [0.2, 0.25) is 0 Å². The number of amides is 1. The van der Waals surface area contributed by atoms with E-state index >= 15 is 0 Å². The number of halogens is 2. The summed E-state index contributed by atoms with van der Waals surface area (Å²) in [4.78, 5) is 12.0. The molecule has 0 aliphatic rings. The van der Waals surface area contributed by atoms with Gasteiger partial charge in [-0.1, -0.05) is 24.3 Å². The molecule has 0 heterocycles. The van der Waals surface area contributed by atoms with Crippen molar-refractivity contribution in [1.29, 1.82) is 0 Å². The molecule has 0 aliphatic carbocycles. The zero-order chi connectivity index (χ0) is 20.9. The molecule has 0 unspecified atom stereocenters. The SMILES string of the molecule is O=C(C=Cc1c(F)cccc1F)Nc1ccc(S(=O)(=O)Nc2ccccc2)cc1. The van der Waals surface area contributed by atoms with E-state index in [0.717, 1.165) is 24.3 Å². The first-order chi connectivity index (χ1) is 13.8. The maximum atomic E-state index is 13.6. The summed E-state index contributed by atoms with van der Waals surface area (Å²) < 4.78 is 54.3. The minimum atomic E-state index is -3.77. The van der Waals surface area contributed by atoms with Gasteiger partial charge in [0.05, 0.1) is 4.90 Å². The topological polar surface area (TPSA) is 75.3 Å². The molecule has 0 aromatic heterocycles. The zero-order valence-corrected chi connectivity index (χ0v) is 15.8. The van der Waals surface area contributed by atoms with Gasteiger partial charge >= 0.3 is 0 Å². The maximum Gasteiger partial charge on any atom is 0.261 e. The van der Waals surface area contributed by atoms with E-state index in [2.05, 4.69) is 10.0 Å². The van der Waals surface area contributed by atoms with Crippen LogP contribution >= 0.6 is 0 Å². The van der Waals surface area contributed by atoms with E-state index in [-0.39, 0.29) is 10.5 Å². The van der Waals surface area contributed by atoms with Crippen LogP contribution in [-0.2, 0) is 14.8 Å². The van der Waals surface area contributed by atoms with Crippen molar-refractivity contribution in [1.82, 2.24) is 0 Å². The fourth-order valence-electron chi connectivity index (χ4n) is 2.45. The summed E-state index contributed by atoms with van der Waals surface area (Å²) in [5.41, 5.74) is 0.429. The second kappa shape index (κ2) is 8.66. The van der Waals surface area contributed by atoms with E-state index in [0.29, 0.717) is 11.4 Å². The number of rotatable bonds is 6. The molecule has 0 aliphatic heterocycles. The molecule has 0 radical (unpaired) electrons. The summed E-state index contributed by atoms with van der Waals surface area (Å²) in [5.74, 6) is -2.19. The van der Waals surface area contributed by atoms with Crippen molar-refractivity contribution in [3.8, 4) is 0 Å². The molecule has 5 nitrogen and oxygen atoms in total. The van der Waals surface area contributed by atoms with Crippen molar-refractivity contribution in [3.63, 3.8) is 0 Å². The lowest BCUT2D eigenvalue weighted by Crippen LogP contribution is -2.13. The number of carbonyl (C=O) groups is 1. The summed E-state index contributed by atoms with van der Waals surface area (Å²) >= 11 is 0. The molecule has 3 rings (SSSR count). The molecule has 0 saturated carbocycles. The first kappa shape index (κ1) is 20.2. The number of carbonyl (C=O) groups excluding carboxylic acids is 1. The quantitative estimate of drug-likeness (QED) is 0.587. The van der Waals surface area contributed by atoms with Gasteiger partial charge in [0.15, 0.2) is 0 Å². The van der Waals surface area contributed by atoms with Gasteiger partial charge < -0.3 is 5.32 Å². The highest BCUT2D eigenvalue weighted by atomic mass is 32.2. The number of sulfonamides is 1. The van der Waals surface area contributed by atoms with Gasteiger partial charge in [0, 0.05) is 23.0 Å². The molecule has 0 bridgehead atoms. The van der Waals surface area contributed by atoms with E-state index in [1.807, 2.05) is 0 Å². The van der Waals surface area contributed by atoms with Gasteiger partial charge in [0.25, 0.3) is 10.0 Å². The number of nitrogens with one attached hydrogen (secondary N) is 2. The predicted molar refractivity (Wildman–Crippen MR) is 108 cm³/mol. The first-order valence-electron chi connectivity index (χ1n) is 8.46. The number of benzene rings is 3. The highest BCUT2D eigenvalue weighted by molar-refractivity contribution is 7.92. The standard InChI is InChI=1S/C21H16F2N2O3S/c22-19-7-4-8-20(23)18(19)13-14-21(26)24-15-9-11-17(12-10-15)29(27,28)25-16-5-2-1-3-6-16/h1-14,25H,(H,24,26). The Morgan fingerprint density at radius 1 is 0.793 bits per heavy atom. The number of para-hydroxylation sites is 1. The van der Waals surface area contributed by atoms with Crippen LogP contribution in [0.15, 0.2) is 83.8 Å². The van der Waals surface area contributed by atoms with Gasteiger partial charge in [0.1, 0.15) is 11.6 Å². The molecule has 0 saturated heterocycles. The third-order valence-electron chi connectivity index (χ3n) is 3.86. The predicted octanol–water partition coefficient (Wildman–Crippen LogP) is 4.42. The average Bonchev–Trinajstić information content (AvgIpc) is 2.68. The van der Waals surface area contributed by atoms with Crippen LogP contribution < -0.4 is 10.0 Å². The van der Waals surface area contributed by atoms with E-state index < -0.39 is 27.6 Å². The van der Waals surface area contributed by atoms with Crippen LogP contribution in [0.5, 0.6) is 0 Å². The Balaban J connectivity index is 1.67. The van der Waals surface area contributed by atoms with Gasteiger partial charge in [-0.2, -0.15) is 0 Å². The third kappa shape index (κ3) is 5.26. The smallest absolute Gasteiger partial charge is 0.261 e. The van der Waals surface area contributed by atoms with Gasteiger partial charge in [-0.15, -0.1) is 0 Å². The second-order valence-corrected chi connectivity index (χ2v) is 7.64. The summed E-state index contributed by atoms with van der Waals surface area (Å²) in [7, 11) is -3.77. The Hall–Kier alpha value is -3.52. The maximum absolute atomic E-state index is 13.6. The molecular weight excluding hydrogens is 398 g/mol. The van der Waals surface area contributed by atoms with Crippen molar-refractivity contribution >= 4 is 33.4 Å². The van der Waals surface area contributed by atoms with Gasteiger partial charge in [-0.25, -0.2) is 17.2 Å². The van der Waals surface area contributed by atoms with Crippen LogP contribution in [0.3, 0.4) is 0 Å². The molecule has 0 fully saturated rings. The lowest BCUT2D eigenvalue weighted by Gasteiger charge is -2.09. The molecule has 3 aromatic carbocycles. The van der Waals surface area contributed by atoms with Crippen molar-refractivity contribution in [3.05, 3.63) is 96.1 Å². The van der Waals surface area contributed by atoms with Crippen molar-refractivity contribution in [2.45, 2.75) is 4.90 Å². The highest BCUT2D eigenvalue weighted by Gasteiger charge is 2.14. The van der Waals surface area contributed by atoms with Crippen LogP contribution in [0, 0.1) is 11.6 Å². The molecule has 1 amide bonds. The molecule has 3 aromatic rings. The largest absolute Gasteiger partial charge is 0.323 e. The molecular formula is C21H16F2N2O3S. The molecule has 2 N–H and O–H groups in total. The number of hydrogen-bond donors (Lipinski definition) is 2. The monoisotopic (exact) mass is 414 g/mol. The Labute approximate surface area is 166 Å².